The van der Waals surface area contributed by atoms with Crippen LogP contribution in [0.2, 0.25) is 0 Å². The molecule has 0 saturated heterocycles. The van der Waals surface area contributed by atoms with Crippen molar-refractivity contribution in [3.8, 4) is 11.4 Å². The van der Waals surface area contributed by atoms with Crippen molar-refractivity contribution in [2.45, 2.75) is 57.5 Å². The monoisotopic (exact) mass is 495 g/mol. The van der Waals surface area contributed by atoms with Crippen LogP contribution in [0.3, 0.4) is 0 Å². The lowest BCUT2D eigenvalue weighted by Crippen LogP contribution is -2.36. The number of dihydropyridines is 1. The summed E-state index contributed by atoms with van der Waals surface area (Å²) in [5, 5.41) is 12.6. The molecule has 1 fully saturated rings. The van der Waals surface area contributed by atoms with Crippen LogP contribution in [0.1, 0.15) is 56.6 Å². The fraction of sp³-hybridized carbons (Fsp3) is 0.419. The van der Waals surface area contributed by atoms with Crippen LogP contribution < -0.4 is 5.32 Å². The summed E-state index contributed by atoms with van der Waals surface area (Å²) in [6.07, 6.45) is 21.2. The van der Waals surface area contributed by atoms with Gasteiger partial charge in [0.05, 0.1) is 19.2 Å². The normalized spacial score (nSPS) is 23.7. The molecule has 0 radical (unpaired) electrons. The number of aliphatic imine (C=N–C) groups is 2. The van der Waals surface area contributed by atoms with Crippen LogP contribution >= 0.6 is 0 Å². The third-order valence-corrected chi connectivity index (χ3v) is 7.67. The van der Waals surface area contributed by atoms with Gasteiger partial charge < -0.3 is 10.4 Å². The van der Waals surface area contributed by atoms with E-state index < -0.39 is 0 Å². The molecule has 0 amide bonds. The second-order valence-electron chi connectivity index (χ2n) is 10.2. The van der Waals surface area contributed by atoms with Crippen LogP contribution in [-0.2, 0) is 0 Å². The zero-order chi connectivity index (χ0) is 25.5. The molecule has 2 aromatic rings. The van der Waals surface area contributed by atoms with Crippen molar-refractivity contribution < 1.29 is 5.11 Å². The van der Waals surface area contributed by atoms with Crippen molar-refractivity contribution in [2.24, 2.45) is 15.9 Å². The minimum Gasteiger partial charge on any atom is -0.395 e. The number of nitrogens with zero attached hydrogens (tertiary/aromatic N) is 4. The van der Waals surface area contributed by atoms with Gasteiger partial charge in [0.15, 0.2) is 5.82 Å². The number of nitrogens with one attached hydrogen (secondary N) is 1. The predicted molar refractivity (Wildman–Crippen MR) is 153 cm³/mol. The summed E-state index contributed by atoms with van der Waals surface area (Å²) in [4.78, 5) is 18.8. The van der Waals surface area contributed by atoms with Crippen LogP contribution in [0.5, 0.6) is 0 Å². The Balaban J connectivity index is 1.28. The molecule has 2 aliphatic heterocycles. The molecule has 0 spiro atoms. The van der Waals surface area contributed by atoms with E-state index in [1.807, 2.05) is 24.8 Å². The molecule has 0 bridgehead atoms. The number of hydrogen-bond donors (Lipinski definition) is 2. The van der Waals surface area contributed by atoms with Crippen molar-refractivity contribution in [2.75, 3.05) is 19.7 Å². The van der Waals surface area contributed by atoms with E-state index in [1.54, 1.807) is 0 Å². The number of allylic oxidation sites excluding steroid dienone is 4. The summed E-state index contributed by atoms with van der Waals surface area (Å²) in [7, 11) is 0. The topological polar surface area (TPSA) is 82.8 Å². The lowest BCUT2D eigenvalue weighted by atomic mass is 9.80. The van der Waals surface area contributed by atoms with Gasteiger partial charge in [-0.05, 0) is 60.8 Å². The first-order valence-corrected chi connectivity index (χ1v) is 13.6. The molecule has 3 aliphatic rings. The molecule has 3 atom stereocenters. The zero-order valence-corrected chi connectivity index (χ0v) is 21.7. The Morgan fingerprint density at radius 1 is 1.00 bits per heavy atom. The summed E-state index contributed by atoms with van der Waals surface area (Å²) < 4.78 is 0. The summed E-state index contributed by atoms with van der Waals surface area (Å²) in [5.74, 6) is 1.26. The number of aliphatic hydroxyl groups excluding tert-OH is 1. The van der Waals surface area contributed by atoms with Crippen molar-refractivity contribution in [1.82, 2.24) is 15.3 Å². The van der Waals surface area contributed by atoms with Gasteiger partial charge in [-0.15, -0.1) is 0 Å². The van der Waals surface area contributed by atoms with Crippen LogP contribution in [-0.4, -0.2) is 59.3 Å². The molecule has 1 aromatic carbocycles. The highest BCUT2D eigenvalue weighted by atomic mass is 16.3. The molecule has 5 rings (SSSR count). The Labute approximate surface area is 220 Å². The molecule has 1 aliphatic carbocycles. The van der Waals surface area contributed by atoms with E-state index >= 15 is 0 Å². The van der Waals surface area contributed by atoms with E-state index in [-0.39, 0.29) is 6.61 Å². The van der Waals surface area contributed by atoms with E-state index in [1.165, 1.54) is 30.4 Å². The minimum absolute atomic E-state index is 0.193. The maximum absolute atomic E-state index is 9.13. The largest absolute Gasteiger partial charge is 0.395 e. The molecule has 192 valence electrons. The number of rotatable bonds is 8. The molecule has 2 N–H and O–H groups in total. The zero-order valence-electron chi connectivity index (χ0n) is 21.7. The first kappa shape index (κ1) is 25.4. The van der Waals surface area contributed by atoms with Crippen LogP contribution in [0, 0.1) is 5.92 Å². The molecule has 37 heavy (non-hydrogen) atoms. The molecule has 6 heteroatoms. The smallest absolute Gasteiger partial charge is 0.159 e. The average molecular weight is 496 g/mol. The van der Waals surface area contributed by atoms with Gasteiger partial charge in [-0.25, -0.2) is 9.97 Å². The van der Waals surface area contributed by atoms with Gasteiger partial charge in [-0.1, -0.05) is 49.8 Å². The molecule has 1 aromatic heterocycles. The standard InChI is InChI=1S/C31H37N5O/c1-2-29-12-11-27(19-34-29)22-5-3-7-24(15-22)31-35-20-28(21-36-31)26-10-9-25(17-32-18-26)23-6-4-8-30(16-23)33-13-14-37/h3,5,7,9-11,15,18-21,23,29-30,33,37H,2,4,6,8,12-14,16-17H2,1H3/t23-,29+,30-/m0/s1. The number of aromatic nitrogens is 2. The van der Waals surface area contributed by atoms with Crippen LogP contribution in [0.25, 0.3) is 22.5 Å². The highest BCUT2D eigenvalue weighted by Crippen LogP contribution is 2.31. The summed E-state index contributed by atoms with van der Waals surface area (Å²) >= 11 is 0. The summed E-state index contributed by atoms with van der Waals surface area (Å²) in [5.41, 5.74) is 6.72. The summed E-state index contributed by atoms with van der Waals surface area (Å²) in [6.45, 7) is 3.78. The third kappa shape index (κ3) is 6.38. The maximum Gasteiger partial charge on any atom is 0.159 e. The van der Waals surface area contributed by atoms with E-state index in [4.69, 9.17) is 20.1 Å². The first-order chi connectivity index (χ1) is 18.2. The lowest BCUT2D eigenvalue weighted by molar-refractivity contribution is 0.258. The average Bonchev–Trinajstić information content (AvgIpc) is 3.23. The van der Waals surface area contributed by atoms with E-state index in [0.29, 0.717) is 24.5 Å². The fourth-order valence-electron chi connectivity index (χ4n) is 5.45. The SMILES string of the molecule is CC[C@@H]1CC=C(c2cccc(-c3ncc(C4=CC=C([C@H]5CCC[C@H](NCCO)C5)CN=C4)cn3)c2)C=N1. The Hall–Kier alpha value is -3.22. The van der Waals surface area contributed by atoms with Crippen molar-refractivity contribution in [1.29, 1.82) is 0 Å². The fourth-order valence-corrected chi connectivity index (χ4v) is 5.45. The number of aliphatic hydroxyl groups is 1. The second kappa shape index (κ2) is 12.3. The molecular formula is C31H37N5O. The van der Waals surface area contributed by atoms with E-state index in [0.717, 1.165) is 53.9 Å². The van der Waals surface area contributed by atoms with Crippen molar-refractivity contribution in [3.63, 3.8) is 0 Å². The molecule has 3 heterocycles. The number of benzene rings is 1. The molecule has 6 nitrogen and oxygen atoms in total. The Kier molecular flexibility index (Phi) is 8.49. The van der Waals surface area contributed by atoms with Gasteiger partial charge in [-0.2, -0.15) is 0 Å². The highest BCUT2D eigenvalue weighted by Gasteiger charge is 2.24. The van der Waals surface area contributed by atoms with Crippen LogP contribution in [0.4, 0.5) is 0 Å². The molecule has 1 saturated carbocycles. The molecule has 0 unspecified atom stereocenters. The van der Waals surface area contributed by atoms with Crippen molar-refractivity contribution in [3.05, 3.63) is 71.6 Å². The van der Waals surface area contributed by atoms with Gasteiger partial charge in [0.1, 0.15) is 0 Å². The Bertz CT molecular complexity index is 1220. The van der Waals surface area contributed by atoms with Gasteiger partial charge in [-0.3, -0.25) is 9.98 Å². The third-order valence-electron chi connectivity index (χ3n) is 7.67. The van der Waals surface area contributed by atoms with Crippen molar-refractivity contribution >= 4 is 23.6 Å². The first-order valence-electron chi connectivity index (χ1n) is 13.6. The summed E-state index contributed by atoms with van der Waals surface area (Å²) in [6, 6.07) is 9.27. The Morgan fingerprint density at radius 2 is 1.86 bits per heavy atom. The van der Waals surface area contributed by atoms with E-state index in [2.05, 4.69) is 59.7 Å². The predicted octanol–water partition coefficient (Wildman–Crippen LogP) is 5.32. The maximum atomic E-state index is 9.13. The van der Waals surface area contributed by atoms with Crippen LogP contribution in [0.15, 0.2) is 70.4 Å². The van der Waals surface area contributed by atoms with Gasteiger partial charge in [0.2, 0.25) is 0 Å². The van der Waals surface area contributed by atoms with Gasteiger partial charge in [0.25, 0.3) is 0 Å². The Morgan fingerprint density at radius 3 is 2.65 bits per heavy atom. The molecular weight excluding hydrogens is 458 g/mol. The number of hydrogen-bond acceptors (Lipinski definition) is 6. The quantitative estimate of drug-likeness (QED) is 0.520. The van der Waals surface area contributed by atoms with Gasteiger partial charge >= 0.3 is 0 Å². The van der Waals surface area contributed by atoms with E-state index in [9.17, 15) is 0 Å². The van der Waals surface area contributed by atoms with Gasteiger partial charge in [0, 0.05) is 54.1 Å². The second-order valence-corrected chi connectivity index (χ2v) is 10.2. The lowest BCUT2D eigenvalue weighted by Gasteiger charge is -2.31. The highest BCUT2D eigenvalue weighted by molar-refractivity contribution is 6.11. The minimum atomic E-state index is 0.193.